The zero-order chi connectivity index (χ0) is 21.0. The Morgan fingerprint density at radius 1 is 1.03 bits per heavy atom. The standard InChI is InChI=1S/C23H28N6O2/c1-16-15-26-20-13-18(29-9-11-30-12-10-29)14-21(22(20)27-16)31-19-5-3-17(4-6-19)28-23-24-7-2-8-25-23/h2,7-8,13-15,17,19H,3-6,9-12H2,1H3,(H,24,25,28). The number of nitrogens with zero attached hydrogens (tertiary/aromatic N) is 5. The first-order valence-electron chi connectivity index (χ1n) is 11.0. The van der Waals surface area contributed by atoms with Gasteiger partial charge in [0, 0.05) is 49.5 Å². The second-order valence-corrected chi connectivity index (χ2v) is 8.23. The Hall–Kier alpha value is -3.00. The molecule has 0 bridgehead atoms. The fraction of sp³-hybridized carbons (Fsp3) is 0.478. The molecule has 5 rings (SSSR count). The van der Waals surface area contributed by atoms with Crippen LogP contribution in [0.5, 0.6) is 5.75 Å². The zero-order valence-electron chi connectivity index (χ0n) is 17.8. The van der Waals surface area contributed by atoms with Gasteiger partial charge < -0.3 is 19.7 Å². The first-order valence-corrected chi connectivity index (χ1v) is 11.0. The zero-order valence-corrected chi connectivity index (χ0v) is 17.8. The van der Waals surface area contributed by atoms with Gasteiger partial charge in [0.25, 0.3) is 0 Å². The van der Waals surface area contributed by atoms with Gasteiger partial charge >= 0.3 is 0 Å². The van der Waals surface area contributed by atoms with E-state index in [9.17, 15) is 0 Å². The molecule has 8 heteroatoms. The highest BCUT2D eigenvalue weighted by Crippen LogP contribution is 2.33. The van der Waals surface area contributed by atoms with Gasteiger partial charge in [-0.15, -0.1) is 0 Å². The molecule has 0 spiro atoms. The van der Waals surface area contributed by atoms with Gasteiger partial charge in [0.05, 0.1) is 30.5 Å². The van der Waals surface area contributed by atoms with E-state index >= 15 is 0 Å². The van der Waals surface area contributed by atoms with Gasteiger partial charge in [0.1, 0.15) is 11.3 Å². The number of hydrogen-bond donors (Lipinski definition) is 1. The molecule has 0 unspecified atom stereocenters. The molecule has 3 aromatic rings. The minimum atomic E-state index is 0.167. The molecule has 0 amide bonds. The van der Waals surface area contributed by atoms with Crippen molar-refractivity contribution in [1.29, 1.82) is 0 Å². The van der Waals surface area contributed by atoms with E-state index in [4.69, 9.17) is 14.5 Å². The molecule has 1 aromatic carbocycles. The molecule has 8 nitrogen and oxygen atoms in total. The largest absolute Gasteiger partial charge is 0.488 e. The Morgan fingerprint density at radius 2 is 1.81 bits per heavy atom. The maximum Gasteiger partial charge on any atom is 0.222 e. The maximum absolute atomic E-state index is 6.53. The average molecular weight is 421 g/mol. The normalized spacial score (nSPS) is 21.8. The molecule has 0 radical (unpaired) electrons. The third-order valence-corrected chi connectivity index (χ3v) is 5.96. The van der Waals surface area contributed by atoms with E-state index in [1.165, 1.54) is 0 Å². The second-order valence-electron chi connectivity index (χ2n) is 8.23. The van der Waals surface area contributed by atoms with E-state index in [-0.39, 0.29) is 6.10 Å². The van der Waals surface area contributed by atoms with Crippen molar-refractivity contribution in [3.63, 3.8) is 0 Å². The van der Waals surface area contributed by atoms with Gasteiger partial charge in [-0.25, -0.2) is 15.0 Å². The lowest BCUT2D eigenvalue weighted by Gasteiger charge is -2.31. The van der Waals surface area contributed by atoms with Gasteiger partial charge in [-0.3, -0.25) is 4.98 Å². The molecule has 1 N–H and O–H groups in total. The number of rotatable bonds is 5. The Balaban J connectivity index is 1.31. The molecule has 1 aliphatic carbocycles. The number of morpholine rings is 1. The summed E-state index contributed by atoms with van der Waals surface area (Å²) in [6.45, 7) is 5.21. The van der Waals surface area contributed by atoms with Crippen LogP contribution < -0.4 is 15.0 Å². The van der Waals surface area contributed by atoms with Gasteiger partial charge in [0.2, 0.25) is 5.95 Å². The SMILES string of the molecule is Cc1cnc2cc(N3CCOCC3)cc(OC3CCC(Nc4ncccn4)CC3)c2n1. The van der Waals surface area contributed by atoms with Crippen molar-refractivity contribution in [2.24, 2.45) is 0 Å². The predicted molar refractivity (Wildman–Crippen MR) is 120 cm³/mol. The van der Waals surface area contributed by atoms with E-state index in [0.29, 0.717) is 12.0 Å². The van der Waals surface area contributed by atoms with E-state index < -0.39 is 0 Å². The number of anilines is 2. The topological polar surface area (TPSA) is 85.3 Å². The Morgan fingerprint density at radius 3 is 2.58 bits per heavy atom. The number of hydrogen-bond acceptors (Lipinski definition) is 8. The van der Waals surface area contributed by atoms with Crippen LogP contribution in [0, 0.1) is 6.92 Å². The molecule has 1 saturated carbocycles. The van der Waals surface area contributed by atoms with Crippen LogP contribution in [0.1, 0.15) is 31.4 Å². The van der Waals surface area contributed by atoms with Crippen LogP contribution in [0.2, 0.25) is 0 Å². The van der Waals surface area contributed by atoms with Gasteiger partial charge in [-0.1, -0.05) is 0 Å². The molecule has 1 aliphatic heterocycles. The first kappa shape index (κ1) is 19.9. The van der Waals surface area contributed by atoms with Crippen molar-refractivity contribution in [2.45, 2.75) is 44.8 Å². The first-order chi connectivity index (χ1) is 15.2. The summed E-state index contributed by atoms with van der Waals surface area (Å²) in [5, 5.41) is 3.44. The Kier molecular flexibility index (Phi) is 5.80. The summed E-state index contributed by atoms with van der Waals surface area (Å²) in [6, 6.07) is 6.45. The molecular formula is C23H28N6O2. The quantitative estimate of drug-likeness (QED) is 0.673. The predicted octanol–water partition coefficient (Wildman–Crippen LogP) is 3.37. The molecule has 1 saturated heterocycles. The van der Waals surface area contributed by atoms with Crippen LogP contribution >= 0.6 is 0 Å². The summed E-state index contributed by atoms with van der Waals surface area (Å²) < 4.78 is 12.0. The number of aryl methyl sites for hydroxylation is 1. The maximum atomic E-state index is 6.53. The minimum absolute atomic E-state index is 0.167. The molecule has 2 aromatic heterocycles. The number of nitrogens with one attached hydrogen (secondary N) is 1. The van der Waals surface area contributed by atoms with Crippen molar-refractivity contribution >= 4 is 22.7 Å². The van der Waals surface area contributed by atoms with E-state index in [1.54, 1.807) is 12.4 Å². The minimum Gasteiger partial charge on any atom is -0.488 e. The molecule has 31 heavy (non-hydrogen) atoms. The second kappa shape index (κ2) is 9.01. The van der Waals surface area contributed by atoms with Crippen molar-refractivity contribution in [3.05, 3.63) is 42.5 Å². The molecule has 3 heterocycles. The lowest BCUT2D eigenvalue weighted by molar-refractivity contribution is 0.122. The molecular weight excluding hydrogens is 392 g/mol. The number of fused-ring (bicyclic) bond motifs is 1. The summed E-state index contributed by atoms with van der Waals surface area (Å²) in [5.74, 6) is 1.53. The lowest BCUT2D eigenvalue weighted by atomic mass is 9.93. The molecule has 2 aliphatic rings. The van der Waals surface area contributed by atoms with Crippen molar-refractivity contribution in [1.82, 2.24) is 19.9 Å². The summed E-state index contributed by atoms with van der Waals surface area (Å²) >= 11 is 0. The number of aromatic nitrogens is 4. The summed E-state index contributed by atoms with van der Waals surface area (Å²) in [4.78, 5) is 20.2. The molecule has 2 fully saturated rings. The van der Waals surface area contributed by atoms with Crippen LogP contribution in [0.25, 0.3) is 11.0 Å². The third-order valence-electron chi connectivity index (χ3n) is 5.96. The highest BCUT2D eigenvalue weighted by Gasteiger charge is 2.24. The smallest absolute Gasteiger partial charge is 0.222 e. The van der Waals surface area contributed by atoms with Gasteiger partial charge in [0.15, 0.2) is 0 Å². The van der Waals surface area contributed by atoms with Crippen LogP contribution in [0.4, 0.5) is 11.6 Å². The van der Waals surface area contributed by atoms with E-state index in [1.807, 2.05) is 19.2 Å². The van der Waals surface area contributed by atoms with E-state index in [0.717, 1.165) is 80.2 Å². The van der Waals surface area contributed by atoms with Crippen LogP contribution in [-0.4, -0.2) is 58.4 Å². The van der Waals surface area contributed by atoms with Crippen molar-refractivity contribution in [3.8, 4) is 5.75 Å². The van der Waals surface area contributed by atoms with Crippen LogP contribution in [-0.2, 0) is 4.74 Å². The van der Waals surface area contributed by atoms with Gasteiger partial charge in [-0.2, -0.15) is 0 Å². The fourth-order valence-corrected chi connectivity index (χ4v) is 4.31. The Bertz CT molecular complexity index is 1020. The van der Waals surface area contributed by atoms with E-state index in [2.05, 4.69) is 37.3 Å². The molecule has 162 valence electrons. The highest BCUT2D eigenvalue weighted by atomic mass is 16.5. The fourth-order valence-electron chi connectivity index (χ4n) is 4.31. The Labute approximate surface area is 182 Å². The van der Waals surface area contributed by atoms with Crippen LogP contribution in [0.15, 0.2) is 36.8 Å². The lowest BCUT2D eigenvalue weighted by Crippen LogP contribution is -2.36. The summed E-state index contributed by atoms with van der Waals surface area (Å²) in [5.41, 5.74) is 3.74. The van der Waals surface area contributed by atoms with Crippen molar-refractivity contribution < 1.29 is 9.47 Å². The number of ether oxygens (including phenoxy) is 2. The monoisotopic (exact) mass is 420 g/mol. The highest BCUT2D eigenvalue weighted by molar-refractivity contribution is 5.85. The summed E-state index contributed by atoms with van der Waals surface area (Å²) in [6.07, 6.45) is 9.51. The average Bonchev–Trinajstić information content (AvgIpc) is 2.82. The number of benzene rings is 1. The summed E-state index contributed by atoms with van der Waals surface area (Å²) in [7, 11) is 0. The van der Waals surface area contributed by atoms with Gasteiger partial charge in [-0.05, 0) is 44.7 Å². The van der Waals surface area contributed by atoms with Crippen molar-refractivity contribution in [2.75, 3.05) is 36.5 Å². The third kappa shape index (κ3) is 4.69. The molecule has 0 atom stereocenters. The van der Waals surface area contributed by atoms with Crippen LogP contribution in [0.3, 0.4) is 0 Å².